The Morgan fingerprint density at radius 2 is 1.83 bits per heavy atom. The molecule has 1 fully saturated rings. The van der Waals surface area contributed by atoms with Gasteiger partial charge in [0.2, 0.25) is 5.91 Å². The minimum absolute atomic E-state index is 0.111. The van der Waals surface area contributed by atoms with Crippen LogP contribution >= 0.6 is 11.6 Å². The molecule has 0 radical (unpaired) electrons. The van der Waals surface area contributed by atoms with Crippen LogP contribution in [-0.4, -0.2) is 57.1 Å². The molecule has 9 heteroatoms. The first-order valence-electron chi connectivity index (χ1n) is 13.7. The van der Waals surface area contributed by atoms with Gasteiger partial charge in [0.1, 0.15) is 18.2 Å². The van der Waals surface area contributed by atoms with Crippen molar-refractivity contribution in [2.24, 2.45) is 0 Å². The molecular weight excluding hydrogens is 538 g/mol. The second kappa shape index (κ2) is 10.9. The van der Waals surface area contributed by atoms with Crippen LogP contribution in [0.4, 0.5) is 5.82 Å². The maximum atomic E-state index is 14.0. The fraction of sp³-hybridized carbons (Fsp3) is 0.250. The second-order valence-corrected chi connectivity index (χ2v) is 10.8. The molecule has 0 saturated carbocycles. The van der Waals surface area contributed by atoms with Crippen molar-refractivity contribution in [1.29, 1.82) is 0 Å². The topological polar surface area (TPSA) is 80.6 Å². The molecule has 4 heterocycles. The Hall–Kier alpha value is -4.43. The van der Waals surface area contributed by atoms with Gasteiger partial charge in [0.15, 0.2) is 5.65 Å². The largest absolute Gasteiger partial charge is 0.489 e. The number of allylic oxidation sites excluding steroid dienone is 1. The van der Waals surface area contributed by atoms with E-state index in [-0.39, 0.29) is 18.0 Å². The van der Waals surface area contributed by atoms with Gasteiger partial charge in [-0.2, -0.15) is 4.98 Å². The lowest BCUT2D eigenvalue weighted by Gasteiger charge is -2.44. The number of hydrogen-bond donors (Lipinski definition) is 0. The lowest BCUT2D eigenvalue weighted by atomic mass is 10.1. The van der Waals surface area contributed by atoms with E-state index >= 15 is 0 Å². The summed E-state index contributed by atoms with van der Waals surface area (Å²) in [4.78, 5) is 40.0. The molecule has 41 heavy (non-hydrogen) atoms. The van der Waals surface area contributed by atoms with Gasteiger partial charge in [0.05, 0.1) is 21.8 Å². The maximum absolute atomic E-state index is 14.0. The number of halogens is 1. The van der Waals surface area contributed by atoms with Crippen molar-refractivity contribution in [2.75, 3.05) is 24.6 Å². The molecule has 0 unspecified atom stereocenters. The summed E-state index contributed by atoms with van der Waals surface area (Å²) in [5.74, 6) is 1.03. The van der Waals surface area contributed by atoms with Gasteiger partial charge in [-0.1, -0.05) is 60.7 Å². The number of benzene rings is 2. The van der Waals surface area contributed by atoms with Crippen molar-refractivity contribution in [3.63, 3.8) is 0 Å². The van der Waals surface area contributed by atoms with Gasteiger partial charge >= 0.3 is 5.69 Å². The SMILES string of the molecule is C=CC(=O)N1C[C@H](C)N(c2nc(=O)n3c4nc(c(Cl)cc24)-c2ccccc2OC/C=C\Cc2ccccc2-3)C[C@H]1C. The van der Waals surface area contributed by atoms with E-state index in [9.17, 15) is 9.59 Å². The van der Waals surface area contributed by atoms with Crippen LogP contribution in [0.25, 0.3) is 28.0 Å². The number of rotatable bonds is 2. The molecule has 2 aliphatic heterocycles. The molecule has 2 aromatic heterocycles. The van der Waals surface area contributed by atoms with Crippen LogP contribution in [0.2, 0.25) is 5.02 Å². The summed E-state index contributed by atoms with van der Waals surface area (Å²) in [5.41, 5.74) is 2.93. The predicted molar refractivity (Wildman–Crippen MR) is 162 cm³/mol. The fourth-order valence-electron chi connectivity index (χ4n) is 5.68. The van der Waals surface area contributed by atoms with Gasteiger partial charge in [-0.3, -0.25) is 4.79 Å². The number of hydrogen-bond acceptors (Lipinski definition) is 6. The van der Waals surface area contributed by atoms with E-state index < -0.39 is 5.69 Å². The highest BCUT2D eigenvalue weighted by Crippen LogP contribution is 2.38. The van der Waals surface area contributed by atoms with Crippen molar-refractivity contribution in [1.82, 2.24) is 19.4 Å². The van der Waals surface area contributed by atoms with Gasteiger partial charge in [-0.25, -0.2) is 14.3 Å². The Morgan fingerprint density at radius 1 is 1.05 bits per heavy atom. The van der Waals surface area contributed by atoms with Gasteiger partial charge in [-0.05, 0) is 56.2 Å². The highest BCUT2D eigenvalue weighted by atomic mass is 35.5. The van der Waals surface area contributed by atoms with E-state index in [0.717, 1.165) is 11.1 Å². The summed E-state index contributed by atoms with van der Waals surface area (Å²) in [5, 5.41) is 1.07. The zero-order valence-corrected chi connectivity index (χ0v) is 23.7. The molecule has 0 N–H and O–H groups in total. The second-order valence-electron chi connectivity index (χ2n) is 10.4. The summed E-state index contributed by atoms with van der Waals surface area (Å²) in [6.07, 6.45) is 5.94. The molecule has 4 aromatic rings. The third-order valence-electron chi connectivity index (χ3n) is 7.73. The lowest BCUT2D eigenvalue weighted by molar-refractivity contribution is -0.128. The monoisotopic (exact) mass is 567 g/mol. The number of anilines is 1. The first-order valence-corrected chi connectivity index (χ1v) is 14.0. The summed E-state index contributed by atoms with van der Waals surface area (Å²) in [7, 11) is 0. The van der Waals surface area contributed by atoms with E-state index in [4.69, 9.17) is 21.3 Å². The molecule has 2 aromatic carbocycles. The lowest BCUT2D eigenvalue weighted by Crippen LogP contribution is -2.58. The van der Waals surface area contributed by atoms with Crippen molar-refractivity contribution in [3.8, 4) is 22.7 Å². The fourth-order valence-corrected chi connectivity index (χ4v) is 5.94. The summed E-state index contributed by atoms with van der Waals surface area (Å²) in [6, 6.07) is 17.0. The van der Waals surface area contributed by atoms with E-state index in [1.165, 1.54) is 6.08 Å². The minimum Gasteiger partial charge on any atom is -0.489 e. The summed E-state index contributed by atoms with van der Waals surface area (Å²) >= 11 is 6.96. The van der Waals surface area contributed by atoms with Crippen molar-refractivity contribution < 1.29 is 9.53 Å². The molecule has 1 saturated heterocycles. The van der Waals surface area contributed by atoms with E-state index in [0.29, 0.717) is 65.1 Å². The van der Waals surface area contributed by atoms with Crippen molar-refractivity contribution in [3.05, 3.63) is 100 Å². The normalized spacial score (nSPS) is 19.3. The third kappa shape index (κ3) is 4.78. The molecule has 1 amide bonds. The first kappa shape index (κ1) is 26.8. The minimum atomic E-state index is -0.437. The van der Waals surface area contributed by atoms with Crippen LogP contribution in [0, 0.1) is 0 Å². The Bertz CT molecular complexity index is 1760. The highest BCUT2D eigenvalue weighted by molar-refractivity contribution is 6.34. The van der Waals surface area contributed by atoms with Gasteiger partial charge in [0.25, 0.3) is 0 Å². The zero-order valence-electron chi connectivity index (χ0n) is 23.0. The summed E-state index contributed by atoms with van der Waals surface area (Å²) < 4.78 is 7.68. The van der Waals surface area contributed by atoms with Gasteiger partial charge in [-0.15, -0.1) is 0 Å². The Balaban J connectivity index is 1.63. The predicted octanol–water partition coefficient (Wildman–Crippen LogP) is 5.20. The zero-order chi connectivity index (χ0) is 28.7. The standard InChI is InChI=1S/C32H30ClN5O3/c1-4-28(39)36-18-21(3)37(19-20(36)2)30-24-17-25(33)29-23-13-6-8-15-27(23)41-16-10-9-12-22-11-5-7-14-26(22)38(31(24)34-29)32(40)35-30/h4-11,13-15,17,20-21H,1,12,16,18-19H2,2-3H3/b10-9-/t20-,21+/m1/s1. The van der Waals surface area contributed by atoms with Gasteiger partial charge < -0.3 is 14.5 Å². The van der Waals surface area contributed by atoms with E-state index in [1.54, 1.807) is 9.47 Å². The Kier molecular flexibility index (Phi) is 7.09. The Labute approximate surface area is 243 Å². The molecule has 8 nitrogen and oxygen atoms in total. The number of fused-ring (bicyclic) bond motifs is 5. The molecule has 2 aliphatic rings. The van der Waals surface area contributed by atoms with Crippen LogP contribution in [0.5, 0.6) is 5.75 Å². The molecule has 2 atom stereocenters. The number of pyridine rings is 1. The van der Waals surface area contributed by atoms with Crippen molar-refractivity contribution in [2.45, 2.75) is 32.4 Å². The number of ether oxygens (including phenoxy) is 1. The third-order valence-corrected chi connectivity index (χ3v) is 8.02. The Morgan fingerprint density at radius 3 is 2.66 bits per heavy atom. The highest BCUT2D eigenvalue weighted by Gasteiger charge is 2.34. The van der Waals surface area contributed by atoms with Crippen LogP contribution < -0.4 is 15.3 Å². The van der Waals surface area contributed by atoms with Gasteiger partial charge in [0, 0.05) is 30.7 Å². The summed E-state index contributed by atoms with van der Waals surface area (Å²) in [6.45, 7) is 8.99. The first-order chi connectivity index (χ1) is 19.9. The van der Waals surface area contributed by atoms with E-state index in [2.05, 4.69) is 16.5 Å². The number of nitrogens with zero attached hydrogens (tertiary/aromatic N) is 5. The number of para-hydroxylation sites is 2. The van der Waals surface area contributed by atoms with Crippen LogP contribution in [0.15, 0.2) is 84.2 Å². The van der Waals surface area contributed by atoms with Crippen LogP contribution in [0.3, 0.4) is 0 Å². The number of carbonyl (C=O) groups excluding carboxylic acids is 1. The smallest absolute Gasteiger partial charge is 0.355 e. The number of aromatic nitrogens is 3. The molecule has 6 rings (SSSR count). The average molecular weight is 568 g/mol. The average Bonchev–Trinajstić information content (AvgIpc) is 2.98. The van der Waals surface area contributed by atoms with E-state index in [1.807, 2.05) is 80.6 Å². The molecular formula is C32H30ClN5O3. The number of piperazine rings is 1. The molecule has 0 aliphatic carbocycles. The molecule has 0 spiro atoms. The number of carbonyl (C=O) groups is 1. The molecule has 2 bridgehead atoms. The van der Waals surface area contributed by atoms with Crippen molar-refractivity contribution >= 4 is 34.4 Å². The number of amides is 1. The van der Waals surface area contributed by atoms with Crippen LogP contribution in [-0.2, 0) is 11.2 Å². The van der Waals surface area contributed by atoms with Crippen LogP contribution in [0.1, 0.15) is 19.4 Å². The maximum Gasteiger partial charge on any atom is 0.355 e. The molecule has 208 valence electrons. The quantitative estimate of drug-likeness (QED) is 0.244.